The van der Waals surface area contributed by atoms with Gasteiger partial charge in [-0.25, -0.2) is 4.79 Å². The number of rotatable bonds is 4. The zero-order valence-corrected chi connectivity index (χ0v) is 10.8. The summed E-state index contributed by atoms with van der Waals surface area (Å²) in [6, 6.07) is 4.79. The number of aromatic nitrogens is 2. The standard InChI is InChI=1S/C13H16N4O2/c1-8-9(7-16-17(8)2)6-15-12-4-3-10(14)5-11(12)13(18)19/h3-5,7,15H,6,14H2,1-2H3,(H,18,19). The Bertz CT molecular complexity index is 619. The zero-order chi connectivity index (χ0) is 14.0. The molecule has 0 unspecified atom stereocenters. The van der Waals surface area contributed by atoms with Gasteiger partial charge in [0, 0.05) is 36.2 Å². The Morgan fingerprint density at radius 3 is 2.84 bits per heavy atom. The average molecular weight is 260 g/mol. The van der Waals surface area contributed by atoms with Crippen molar-refractivity contribution >= 4 is 17.3 Å². The molecule has 0 aliphatic heterocycles. The van der Waals surface area contributed by atoms with Crippen molar-refractivity contribution in [3.05, 3.63) is 41.2 Å². The number of nitrogens with one attached hydrogen (secondary N) is 1. The number of hydrogen-bond acceptors (Lipinski definition) is 4. The van der Waals surface area contributed by atoms with Crippen molar-refractivity contribution in [1.29, 1.82) is 0 Å². The van der Waals surface area contributed by atoms with Crippen LogP contribution in [-0.4, -0.2) is 20.9 Å². The molecule has 0 saturated heterocycles. The van der Waals surface area contributed by atoms with Crippen LogP contribution in [0.25, 0.3) is 0 Å². The molecule has 2 aromatic rings. The molecule has 0 bridgehead atoms. The summed E-state index contributed by atoms with van der Waals surface area (Å²) in [6.07, 6.45) is 1.76. The van der Waals surface area contributed by atoms with E-state index in [2.05, 4.69) is 10.4 Å². The van der Waals surface area contributed by atoms with Gasteiger partial charge in [0.25, 0.3) is 0 Å². The fourth-order valence-corrected chi connectivity index (χ4v) is 1.80. The molecule has 2 rings (SSSR count). The monoisotopic (exact) mass is 260 g/mol. The third-order valence-electron chi connectivity index (χ3n) is 3.08. The number of nitrogen functional groups attached to an aromatic ring is 1. The highest BCUT2D eigenvalue weighted by Gasteiger charge is 2.11. The van der Waals surface area contributed by atoms with Crippen molar-refractivity contribution in [2.75, 3.05) is 11.1 Å². The van der Waals surface area contributed by atoms with Gasteiger partial charge in [0.2, 0.25) is 0 Å². The SMILES string of the molecule is Cc1c(CNc2ccc(N)cc2C(=O)O)cnn1C. The van der Waals surface area contributed by atoms with Crippen molar-refractivity contribution < 1.29 is 9.90 Å². The Morgan fingerprint density at radius 1 is 1.53 bits per heavy atom. The first kappa shape index (κ1) is 12.9. The lowest BCUT2D eigenvalue weighted by Crippen LogP contribution is -2.07. The highest BCUT2D eigenvalue weighted by Crippen LogP contribution is 2.20. The fraction of sp³-hybridized carbons (Fsp3) is 0.231. The zero-order valence-electron chi connectivity index (χ0n) is 10.8. The minimum atomic E-state index is -1.00. The van der Waals surface area contributed by atoms with Crippen LogP contribution in [0.5, 0.6) is 0 Å². The summed E-state index contributed by atoms with van der Waals surface area (Å²) < 4.78 is 1.78. The van der Waals surface area contributed by atoms with Crippen molar-refractivity contribution in [3.63, 3.8) is 0 Å². The molecule has 0 aliphatic rings. The lowest BCUT2D eigenvalue weighted by Gasteiger charge is -2.10. The number of anilines is 2. The molecule has 1 heterocycles. The smallest absolute Gasteiger partial charge is 0.337 e. The van der Waals surface area contributed by atoms with E-state index in [1.807, 2.05) is 14.0 Å². The normalized spacial score (nSPS) is 10.4. The molecule has 100 valence electrons. The van der Waals surface area contributed by atoms with Gasteiger partial charge in [-0.2, -0.15) is 5.10 Å². The maximum absolute atomic E-state index is 11.1. The van der Waals surface area contributed by atoms with E-state index < -0.39 is 5.97 Å². The lowest BCUT2D eigenvalue weighted by atomic mass is 10.1. The molecule has 4 N–H and O–H groups in total. The number of nitrogens with zero attached hydrogens (tertiary/aromatic N) is 2. The first-order valence-electron chi connectivity index (χ1n) is 5.83. The number of carbonyl (C=O) groups is 1. The fourth-order valence-electron chi connectivity index (χ4n) is 1.80. The molecule has 0 fully saturated rings. The van der Waals surface area contributed by atoms with Gasteiger partial charge in [-0.15, -0.1) is 0 Å². The summed E-state index contributed by atoms with van der Waals surface area (Å²) in [6.45, 7) is 2.48. The maximum atomic E-state index is 11.1. The van der Waals surface area contributed by atoms with Gasteiger partial charge in [0.05, 0.1) is 11.8 Å². The van der Waals surface area contributed by atoms with Crippen LogP contribution < -0.4 is 11.1 Å². The van der Waals surface area contributed by atoms with Crippen molar-refractivity contribution in [2.24, 2.45) is 7.05 Å². The molecule has 0 spiro atoms. The molecular formula is C13H16N4O2. The van der Waals surface area contributed by atoms with E-state index in [-0.39, 0.29) is 5.56 Å². The number of aryl methyl sites for hydroxylation is 1. The molecule has 1 aromatic heterocycles. The Morgan fingerprint density at radius 2 is 2.26 bits per heavy atom. The van der Waals surface area contributed by atoms with Gasteiger partial charge in [-0.1, -0.05) is 0 Å². The number of carboxylic acids is 1. The number of nitrogens with two attached hydrogens (primary N) is 1. The Balaban J connectivity index is 2.20. The first-order chi connectivity index (χ1) is 8.99. The Labute approximate surface area is 110 Å². The number of aromatic carboxylic acids is 1. The van der Waals surface area contributed by atoms with Crippen LogP contribution in [0.4, 0.5) is 11.4 Å². The molecule has 19 heavy (non-hydrogen) atoms. The summed E-state index contributed by atoms with van der Waals surface area (Å²) in [5.74, 6) is -1.00. The molecule has 0 saturated carbocycles. The van der Waals surface area contributed by atoms with E-state index in [0.29, 0.717) is 17.9 Å². The second kappa shape index (κ2) is 5.01. The van der Waals surface area contributed by atoms with Gasteiger partial charge in [-0.05, 0) is 25.1 Å². The summed E-state index contributed by atoms with van der Waals surface area (Å²) in [5.41, 5.74) is 8.81. The molecule has 0 aliphatic carbocycles. The summed E-state index contributed by atoms with van der Waals surface area (Å²) >= 11 is 0. The van der Waals surface area contributed by atoms with Gasteiger partial charge in [-0.3, -0.25) is 4.68 Å². The summed E-state index contributed by atoms with van der Waals surface area (Å²) in [4.78, 5) is 11.1. The van der Waals surface area contributed by atoms with Gasteiger partial charge in [0.1, 0.15) is 0 Å². The van der Waals surface area contributed by atoms with Crippen molar-refractivity contribution in [1.82, 2.24) is 9.78 Å². The largest absolute Gasteiger partial charge is 0.478 e. The minimum Gasteiger partial charge on any atom is -0.478 e. The molecule has 1 aromatic carbocycles. The van der Waals surface area contributed by atoms with Gasteiger partial charge >= 0.3 is 5.97 Å². The average Bonchev–Trinajstić information content (AvgIpc) is 2.68. The highest BCUT2D eigenvalue weighted by molar-refractivity contribution is 5.95. The third kappa shape index (κ3) is 2.67. The summed E-state index contributed by atoms with van der Waals surface area (Å²) in [5, 5.41) is 16.4. The predicted octanol–water partition coefficient (Wildman–Crippen LogP) is 1.62. The second-order valence-electron chi connectivity index (χ2n) is 4.34. The van der Waals surface area contributed by atoms with E-state index in [4.69, 9.17) is 10.8 Å². The lowest BCUT2D eigenvalue weighted by molar-refractivity contribution is 0.0698. The van der Waals surface area contributed by atoms with Crippen LogP contribution >= 0.6 is 0 Å². The van der Waals surface area contributed by atoms with Gasteiger partial charge in [0.15, 0.2) is 0 Å². The second-order valence-corrected chi connectivity index (χ2v) is 4.34. The van der Waals surface area contributed by atoms with E-state index in [9.17, 15) is 4.79 Å². The van der Waals surface area contributed by atoms with Crippen molar-refractivity contribution in [2.45, 2.75) is 13.5 Å². The van der Waals surface area contributed by atoms with Crippen LogP contribution in [0.2, 0.25) is 0 Å². The van der Waals surface area contributed by atoms with Crippen molar-refractivity contribution in [3.8, 4) is 0 Å². The van der Waals surface area contributed by atoms with E-state index in [0.717, 1.165) is 11.3 Å². The minimum absolute atomic E-state index is 0.168. The number of carboxylic acid groups (broad SMARTS) is 1. The third-order valence-corrected chi connectivity index (χ3v) is 3.08. The first-order valence-corrected chi connectivity index (χ1v) is 5.83. The highest BCUT2D eigenvalue weighted by atomic mass is 16.4. The van der Waals surface area contributed by atoms with E-state index in [1.54, 1.807) is 23.0 Å². The van der Waals surface area contributed by atoms with Crippen LogP contribution in [0, 0.1) is 6.92 Å². The van der Waals surface area contributed by atoms with Crippen LogP contribution in [0.15, 0.2) is 24.4 Å². The topological polar surface area (TPSA) is 93.2 Å². The molecule has 6 nitrogen and oxygen atoms in total. The number of benzene rings is 1. The Kier molecular flexibility index (Phi) is 3.41. The van der Waals surface area contributed by atoms with E-state index >= 15 is 0 Å². The molecule has 0 amide bonds. The molecule has 6 heteroatoms. The molecule has 0 atom stereocenters. The number of hydrogen-bond donors (Lipinski definition) is 3. The Hall–Kier alpha value is -2.50. The van der Waals surface area contributed by atoms with Crippen LogP contribution in [-0.2, 0) is 13.6 Å². The van der Waals surface area contributed by atoms with Crippen LogP contribution in [0.3, 0.4) is 0 Å². The summed E-state index contributed by atoms with van der Waals surface area (Å²) in [7, 11) is 1.87. The maximum Gasteiger partial charge on any atom is 0.337 e. The van der Waals surface area contributed by atoms with Gasteiger partial charge < -0.3 is 16.2 Å². The predicted molar refractivity (Wildman–Crippen MR) is 73.1 cm³/mol. The molecule has 0 radical (unpaired) electrons. The quantitative estimate of drug-likeness (QED) is 0.726. The van der Waals surface area contributed by atoms with Crippen LogP contribution in [0.1, 0.15) is 21.6 Å². The molecular weight excluding hydrogens is 244 g/mol. The van der Waals surface area contributed by atoms with E-state index in [1.165, 1.54) is 6.07 Å².